The number of aromatic nitrogens is 2. The normalized spacial score (nSPS) is 16.1. The number of thioether (sulfide) groups is 1. The van der Waals surface area contributed by atoms with Crippen LogP contribution in [-0.4, -0.2) is 46.3 Å². The van der Waals surface area contributed by atoms with Crippen molar-refractivity contribution >= 4 is 28.6 Å². The number of aromatic amines is 1. The molecule has 2 heterocycles. The molecule has 7 heteroatoms. The second-order valence-electron chi connectivity index (χ2n) is 7.53. The van der Waals surface area contributed by atoms with Gasteiger partial charge in [0.05, 0.1) is 23.6 Å². The van der Waals surface area contributed by atoms with Crippen molar-refractivity contribution < 1.29 is 9.53 Å². The van der Waals surface area contributed by atoms with Crippen LogP contribution in [-0.2, 0) is 11.3 Å². The molecule has 0 bridgehead atoms. The van der Waals surface area contributed by atoms with Crippen LogP contribution in [0.4, 0.5) is 0 Å². The first kappa shape index (κ1) is 20.6. The number of hydrogen-bond donors (Lipinski definition) is 1. The fraction of sp³-hybridized carbons (Fsp3) is 0.348. The molecular formula is C23H25N3O3S. The van der Waals surface area contributed by atoms with Gasteiger partial charge in [-0.3, -0.25) is 9.59 Å². The zero-order valence-electron chi connectivity index (χ0n) is 17.2. The van der Waals surface area contributed by atoms with Crippen LogP contribution in [0.2, 0.25) is 0 Å². The van der Waals surface area contributed by atoms with Gasteiger partial charge in [0.25, 0.3) is 11.5 Å². The van der Waals surface area contributed by atoms with E-state index in [1.165, 1.54) is 0 Å². The molecule has 1 saturated heterocycles. The van der Waals surface area contributed by atoms with Crippen LogP contribution < -0.4 is 5.56 Å². The maximum absolute atomic E-state index is 13.5. The summed E-state index contributed by atoms with van der Waals surface area (Å²) in [5.74, 6) is 0.401. The molecule has 1 aromatic heterocycles. The van der Waals surface area contributed by atoms with Crippen LogP contribution in [0.25, 0.3) is 10.9 Å². The smallest absolute Gasteiger partial charge is 0.258 e. The Hall–Kier alpha value is -2.64. The van der Waals surface area contributed by atoms with Crippen LogP contribution in [0.1, 0.15) is 34.6 Å². The summed E-state index contributed by atoms with van der Waals surface area (Å²) in [5, 5.41) is 0.543. The van der Waals surface area contributed by atoms with Crippen LogP contribution in [0, 0.1) is 6.92 Å². The van der Waals surface area contributed by atoms with E-state index in [4.69, 9.17) is 4.74 Å². The third-order valence-electron chi connectivity index (χ3n) is 5.41. The molecule has 0 aliphatic carbocycles. The summed E-state index contributed by atoms with van der Waals surface area (Å²) in [7, 11) is 0. The Bertz CT molecular complexity index is 1120. The number of aryl methyl sites for hydroxylation is 1. The monoisotopic (exact) mass is 423 g/mol. The highest BCUT2D eigenvalue weighted by Gasteiger charge is 2.25. The molecule has 1 amide bonds. The Morgan fingerprint density at radius 1 is 1.30 bits per heavy atom. The molecule has 2 aromatic carbocycles. The Balaban J connectivity index is 1.68. The molecule has 1 N–H and O–H groups in total. The van der Waals surface area contributed by atoms with Crippen molar-refractivity contribution in [3.8, 4) is 0 Å². The molecule has 1 fully saturated rings. The van der Waals surface area contributed by atoms with E-state index in [9.17, 15) is 9.59 Å². The summed E-state index contributed by atoms with van der Waals surface area (Å²) in [6.07, 6.45) is 3.92. The van der Waals surface area contributed by atoms with Crippen LogP contribution in [0.5, 0.6) is 0 Å². The average Bonchev–Trinajstić information content (AvgIpc) is 3.26. The van der Waals surface area contributed by atoms with Gasteiger partial charge in [-0.15, -0.1) is 11.8 Å². The number of benzene rings is 2. The van der Waals surface area contributed by atoms with Gasteiger partial charge in [-0.1, -0.05) is 18.2 Å². The lowest BCUT2D eigenvalue weighted by Gasteiger charge is -2.26. The van der Waals surface area contributed by atoms with Crippen molar-refractivity contribution in [3.05, 3.63) is 69.8 Å². The quantitative estimate of drug-likeness (QED) is 0.611. The van der Waals surface area contributed by atoms with E-state index in [2.05, 4.69) is 9.97 Å². The predicted molar refractivity (Wildman–Crippen MR) is 119 cm³/mol. The molecule has 1 aliphatic rings. The molecular weight excluding hydrogens is 398 g/mol. The fourth-order valence-electron chi connectivity index (χ4n) is 3.77. The molecule has 6 nitrogen and oxygen atoms in total. The predicted octanol–water partition coefficient (Wildman–Crippen LogP) is 3.77. The van der Waals surface area contributed by atoms with E-state index in [1.807, 2.05) is 49.6 Å². The van der Waals surface area contributed by atoms with Gasteiger partial charge in [0.2, 0.25) is 0 Å². The van der Waals surface area contributed by atoms with Crippen molar-refractivity contribution in [1.82, 2.24) is 14.9 Å². The second-order valence-corrected chi connectivity index (χ2v) is 8.41. The van der Waals surface area contributed by atoms with Crippen LogP contribution >= 0.6 is 11.8 Å². The number of para-hydroxylation sites is 1. The van der Waals surface area contributed by atoms with Crippen LogP contribution in [0.3, 0.4) is 0 Å². The van der Waals surface area contributed by atoms with Crippen molar-refractivity contribution in [2.45, 2.75) is 37.3 Å². The number of carbonyl (C=O) groups is 1. The van der Waals surface area contributed by atoms with E-state index < -0.39 is 0 Å². The number of nitrogens with zero attached hydrogens (tertiary/aromatic N) is 2. The summed E-state index contributed by atoms with van der Waals surface area (Å²) in [4.78, 5) is 36.2. The van der Waals surface area contributed by atoms with Gasteiger partial charge in [0.15, 0.2) is 0 Å². The van der Waals surface area contributed by atoms with Gasteiger partial charge in [0, 0.05) is 23.6 Å². The zero-order chi connectivity index (χ0) is 21.1. The number of fused-ring (bicyclic) bond motifs is 1. The lowest BCUT2D eigenvalue weighted by atomic mass is 10.1. The summed E-state index contributed by atoms with van der Waals surface area (Å²) >= 11 is 1.61. The van der Waals surface area contributed by atoms with Crippen molar-refractivity contribution in [2.75, 3.05) is 19.4 Å². The van der Waals surface area contributed by atoms with E-state index in [-0.39, 0.29) is 24.1 Å². The molecule has 30 heavy (non-hydrogen) atoms. The lowest BCUT2D eigenvalue weighted by Crippen LogP contribution is -2.38. The number of carbonyl (C=O) groups excluding carboxylic acids is 1. The zero-order valence-corrected chi connectivity index (χ0v) is 18.0. The van der Waals surface area contributed by atoms with Gasteiger partial charge in [-0.25, -0.2) is 4.98 Å². The van der Waals surface area contributed by atoms with Gasteiger partial charge in [-0.05, 0) is 55.9 Å². The Kier molecular flexibility index (Phi) is 6.20. The standard InChI is InChI=1S/C23H25N3O3S/c1-15-9-10-17(30-2)12-19(15)23(28)26(13-16-6-5-11-29-16)14-21-24-20-8-4-3-7-18(20)22(27)25-21/h3-4,7-10,12,16H,5-6,11,13-14H2,1-2H3,(H,24,25,27). The Morgan fingerprint density at radius 3 is 2.90 bits per heavy atom. The SMILES string of the molecule is CSc1ccc(C)c(C(=O)N(Cc2nc3ccccc3c(=O)[nH]2)CC2CCCO2)c1. The largest absolute Gasteiger partial charge is 0.376 e. The number of rotatable bonds is 6. The molecule has 156 valence electrons. The van der Waals surface area contributed by atoms with E-state index in [0.717, 1.165) is 29.9 Å². The molecule has 3 aromatic rings. The minimum Gasteiger partial charge on any atom is -0.376 e. The summed E-state index contributed by atoms with van der Waals surface area (Å²) in [6, 6.07) is 13.1. The van der Waals surface area contributed by atoms with Crippen molar-refractivity contribution in [1.29, 1.82) is 0 Å². The lowest BCUT2D eigenvalue weighted by molar-refractivity contribution is 0.0500. The van der Waals surface area contributed by atoms with Crippen molar-refractivity contribution in [2.24, 2.45) is 0 Å². The molecule has 0 saturated carbocycles. The van der Waals surface area contributed by atoms with Gasteiger partial charge >= 0.3 is 0 Å². The summed E-state index contributed by atoms with van der Waals surface area (Å²) < 4.78 is 5.79. The fourth-order valence-corrected chi connectivity index (χ4v) is 4.21. The third-order valence-corrected chi connectivity index (χ3v) is 6.14. The van der Waals surface area contributed by atoms with E-state index in [0.29, 0.717) is 28.8 Å². The topological polar surface area (TPSA) is 75.3 Å². The number of hydrogen-bond acceptors (Lipinski definition) is 5. The molecule has 0 radical (unpaired) electrons. The van der Waals surface area contributed by atoms with Crippen molar-refractivity contribution in [3.63, 3.8) is 0 Å². The third kappa shape index (κ3) is 4.42. The minimum atomic E-state index is -0.194. The van der Waals surface area contributed by atoms with E-state index >= 15 is 0 Å². The number of ether oxygens (including phenoxy) is 1. The maximum Gasteiger partial charge on any atom is 0.258 e. The average molecular weight is 424 g/mol. The molecule has 0 spiro atoms. The molecule has 1 atom stereocenters. The first-order chi connectivity index (χ1) is 14.5. The number of H-pyrrole nitrogens is 1. The first-order valence-corrected chi connectivity index (χ1v) is 11.3. The summed E-state index contributed by atoms with van der Waals surface area (Å²) in [5.41, 5.74) is 2.03. The van der Waals surface area contributed by atoms with Gasteiger partial charge in [0.1, 0.15) is 5.82 Å². The number of amides is 1. The highest BCUT2D eigenvalue weighted by molar-refractivity contribution is 7.98. The second kappa shape index (κ2) is 9.02. The highest BCUT2D eigenvalue weighted by Crippen LogP contribution is 2.22. The first-order valence-electron chi connectivity index (χ1n) is 10.1. The van der Waals surface area contributed by atoms with E-state index in [1.54, 1.807) is 22.7 Å². The highest BCUT2D eigenvalue weighted by atomic mass is 32.2. The Labute approximate surface area is 179 Å². The molecule has 4 rings (SSSR count). The molecule has 1 aliphatic heterocycles. The van der Waals surface area contributed by atoms with Crippen LogP contribution in [0.15, 0.2) is 52.2 Å². The maximum atomic E-state index is 13.5. The van der Waals surface area contributed by atoms with Gasteiger partial charge < -0.3 is 14.6 Å². The number of nitrogens with one attached hydrogen (secondary N) is 1. The molecule has 1 unspecified atom stereocenters. The Morgan fingerprint density at radius 2 is 2.13 bits per heavy atom. The van der Waals surface area contributed by atoms with Gasteiger partial charge in [-0.2, -0.15) is 0 Å². The summed E-state index contributed by atoms with van der Waals surface area (Å²) in [6.45, 7) is 3.36. The minimum absolute atomic E-state index is 0.00478.